The Balaban J connectivity index is 1.88. The van der Waals surface area contributed by atoms with Crippen molar-refractivity contribution in [2.45, 2.75) is 0 Å². The van der Waals surface area contributed by atoms with Gasteiger partial charge in [0.2, 0.25) is 0 Å². The van der Waals surface area contributed by atoms with Gasteiger partial charge in [0.25, 0.3) is 5.91 Å². The molecule has 0 aliphatic rings. The number of aromatic nitrogens is 4. The topological polar surface area (TPSA) is 134 Å². The second kappa shape index (κ2) is 7.64. The van der Waals surface area contributed by atoms with Gasteiger partial charge in [0, 0.05) is 13.2 Å². The van der Waals surface area contributed by atoms with Crippen LogP contribution >= 0.6 is 23.2 Å². The Labute approximate surface area is 168 Å². The number of aromatic carboxylic acids is 1. The number of nitriles is 1. The van der Waals surface area contributed by atoms with Gasteiger partial charge in [0.1, 0.15) is 17.5 Å². The molecule has 2 aromatic heterocycles. The predicted molar refractivity (Wildman–Crippen MR) is 100 cm³/mol. The summed E-state index contributed by atoms with van der Waals surface area (Å²) < 4.78 is 1.47. The molecular weight excluding hydrogens is 407 g/mol. The average Bonchev–Trinajstić information content (AvgIpc) is 3.05. The molecule has 0 atom stereocenters. The van der Waals surface area contributed by atoms with E-state index in [9.17, 15) is 14.7 Å². The van der Waals surface area contributed by atoms with Gasteiger partial charge in [0.05, 0.1) is 26.9 Å². The van der Waals surface area contributed by atoms with Crippen LogP contribution in [0.2, 0.25) is 10.0 Å². The number of carbonyl (C=O) groups is 2. The van der Waals surface area contributed by atoms with Crippen LogP contribution in [0.3, 0.4) is 0 Å². The summed E-state index contributed by atoms with van der Waals surface area (Å²) in [6.07, 6.45) is 1.54. The number of anilines is 1. The smallest absolute Gasteiger partial charge is 0.337 e. The first kappa shape index (κ1) is 19.3. The number of hydrogen-bond donors (Lipinski definition) is 2. The van der Waals surface area contributed by atoms with Gasteiger partial charge in [-0.15, -0.1) is 10.2 Å². The van der Waals surface area contributed by atoms with Crippen LogP contribution in [0.15, 0.2) is 30.5 Å². The summed E-state index contributed by atoms with van der Waals surface area (Å²) in [6.45, 7) is 0. The maximum absolute atomic E-state index is 12.4. The summed E-state index contributed by atoms with van der Waals surface area (Å²) in [6, 6.07) is 7.24. The molecule has 0 saturated carbocycles. The Kier molecular flexibility index (Phi) is 5.26. The number of carboxylic acids is 1. The number of rotatable bonds is 4. The van der Waals surface area contributed by atoms with E-state index in [-0.39, 0.29) is 27.0 Å². The predicted octanol–water partition coefficient (Wildman–Crippen LogP) is 3.01. The van der Waals surface area contributed by atoms with E-state index in [1.165, 1.54) is 29.1 Å². The standard InChI is InChI=1S/C17H10Cl2N6O3/c1-25-7-8(6-20)15(24-25)12-2-3-13(23-22-12)16(26)21-14-5-11(19)10(18)4-9(14)17(27)28/h2-5,7H,1H3,(H,21,26)(H,27,28). The lowest BCUT2D eigenvalue weighted by atomic mass is 10.1. The molecule has 0 spiro atoms. The van der Waals surface area contributed by atoms with Gasteiger partial charge < -0.3 is 10.4 Å². The second-order valence-electron chi connectivity index (χ2n) is 5.55. The molecule has 1 amide bonds. The number of carboxylic acid groups (broad SMARTS) is 1. The molecule has 3 rings (SSSR count). The van der Waals surface area contributed by atoms with Crippen LogP contribution in [-0.2, 0) is 7.05 Å². The SMILES string of the molecule is Cn1cc(C#N)c(-c2ccc(C(=O)Nc3cc(Cl)c(Cl)cc3C(=O)O)nn2)n1. The first-order valence-electron chi connectivity index (χ1n) is 7.61. The highest BCUT2D eigenvalue weighted by Gasteiger charge is 2.18. The second-order valence-corrected chi connectivity index (χ2v) is 6.37. The van der Waals surface area contributed by atoms with E-state index in [0.717, 1.165) is 6.07 Å². The molecule has 11 heteroatoms. The molecule has 0 saturated heterocycles. The van der Waals surface area contributed by atoms with Crippen LogP contribution in [0.4, 0.5) is 5.69 Å². The fourth-order valence-corrected chi connectivity index (χ4v) is 2.68. The number of halogens is 2. The summed E-state index contributed by atoms with van der Waals surface area (Å²) in [5, 5.41) is 32.8. The molecular formula is C17H10Cl2N6O3. The van der Waals surface area contributed by atoms with Crippen LogP contribution in [0.5, 0.6) is 0 Å². The normalized spacial score (nSPS) is 10.4. The summed E-state index contributed by atoms with van der Waals surface area (Å²) in [5.74, 6) is -1.98. The number of nitrogens with one attached hydrogen (secondary N) is 1. The maximum Gasteiger partial charge on any atom is 0.337 e. The fourth-order valence-electron chi connectivity index (χ4n) is 2.35. The third-order valence-electron chi connectivity index (χ3n) is 3.63. The zero-order valence-electron chi connectivity index (χ0n) is 14.1. The Bertz CT molecular complexity index is 1140. The Morgan fingerprint density at radius 2 is 1.93 bits per heavy atom. The molecule has 3 aromatic rings. The Morgan fingerprint density at radius 1 is 1.21 bits per heavy atom. The number of nitrogens with zero attached hydrogens (tertiary/aromatic N) is 5. The quantitative estimate of drug-likeness (QED) is 0.667. The Morgan fingerprint density at radius 3 is 2.54 bits per heavy atom. The lowest BCUT2D eigenvalue weighted by molar-refractivity contribution is 0.0698. The van der Waals surface area contributed by atoms with Gasteiger partial charge in [-0.2, -0.15) is 10.4 Å². The van der Waals surface area contributed by atoms with Crippen LogP contribution in [0, 0.1) is 11.3 Å². The molecule has 9 nitrogen and oxygen atoms in total. The fraction of sp³-hybridized carbons (Fsp3) is 0.0588. The van der Waals surface area contributed by atoms with Gasteiger partial charge in [-0.3, -0.25) is 9.48 Å². The van der Waals surface area contributed by atoms with E-state index < -0.39 is 11.9 Å². The van der Waals surface area contributed by atoms with Crippen LogP contribution in [-0.4, -0.2) is 37.0 Å². The van der Waals surface area contributed by atoms with Gasteiger partial charge in [0.15, 0.2) is 5.69 Å². The molecule has 2 heterocycles. The van der Waals surface area contributed by atoms with Crippen molar-refractivity contribution in [2.24, 2.45) is 7.05 Å². The number of carbonyl (C=O) groups excluding carboxylic acids is 1. The monoisotopic (exact) mass is 416 g/mol. The lowest BCUT2D eigenvalue weighted by Gasteiger charge is -2.09. The molecule has 0 aliphatic carbocycles. The highest BCUT2D eigenvalue weighted by atomic mass is 35.5. The van der Waals surface area contributed by atoms with Crippen molar-refractivity contribution in [1.29, 1.82) is 5.26 Å². The van der Waals surface area contributed by atoms with Crippen molar-refractivity contribution in [2.75, 3.05) is 5.32 Å². The lowest BCUT2D eigenvalue weighted by Crippen LogP contribution is -2.17. The zero-order chi connectivity index (χ0) is 20.4. The van der Waals surface area contributed by atoms with Crippen LogP contribution in [0.25, 0.3) is 11.4 Å². The minimum absolute atomic E-state index is 0.0331. The summed E-state index contributed by atoms with van der Waals surface area (Å²) in [4.78, 5) is 23.8. The third-order valence-corrected chi connectivity index (χ3v) is 4.35. The molecule has 0 fully saturated rings. The van der Waals surface area contributed by atoms with Crippen molar-refractivity contribution < 1.29 is 14.7 Å². The van der Waals surface area contributed by atoms with Gasteiger partial charge in [-0.1, -0.05) is 23.2 Å². The molecule has 0 bridgehead atoms. The molecule has 2 N–H and O–H groups in total. The van der Waals surface area contributed by atoms with Gasteiger partial charge in [-0.25, -0.2) is 4.79 Å². The minimum Gasteiger partial charge on any atom is -0.478 e. The van der Waals surface area contributed by atoms with E-state index in [1.54, 1.807) is 7.05 Å². The molecule has 1 aromatic carbocycles. The van der Waals surface area contributed by atoms with Crippen molar-refractivity contribution in [3.05, 3.63) is 57.3 Å². The van der Waals surface area contributed by atoms with Crippen molar-refractivity contribution in [1.82, 2.24) is 20.0 Å². The third kappa shape index (κ3) is 3.78. The maximum atomic E-state index is 12.4. The molecule has 0 radical (unpaired) electrons. The van der Waals surface area contributed by atoms with E-state index in [0.29, 0.717) is 17.0 Å². The number of amides is 1. The molecule has 0 aliphatic heterocycles. The van der Waals surface area contributed by atoms with Crippen molar-refractivity contribution in [3.63, 3.8) is 0 Å². The highest BCUT2D eigenvalue weighted by molar-refractivity contribution is 6.42. The first-order chi connectivity index (χ1) is 13.3. The number of benzene rings is 1. The molecule has 28 heavy (non-hydrogen) atoms. The average molecular weight is 417 g/mol. The largest absolute Gasteiger partial charge is 0.478 e. The van der Waals surface area contributed by atoms with Crippen molar-refractivity contribution >= 4 is 40.8 Å². The van der Waals surface area contributed by atoms with Gasteiger partial charge in [-0.05, 0) is 24.3 Å². The Hall–Kier alpha value is -3.48. The van der Waals surface area contributed by atoms with Gasteiger partial charge >= 0.3 is 5.97 Å². The number of aryl methyl sites for hydroxylation is 1. The number of hydrogen-bond acceptors (Lipinski definition) is 6. The van der Waals surface area contributed by atoms with Crippen LogP contribution < -0.4 is 5.32 Å². The molecule has 0 unspecified atom stereocenters. The van der Waals surface area contributed by atoms with Crippen LogP contribution in [0.1, 0.15) is 26.4 Å². The first-order valence-corrected chi connectivity index (χ1v) is 8.37. The minimum atomic E-state index is -1.28. The highest BCUT2D eigenvalue weighted by Crippen LogP contribution is 2.29. The summed E-state index contributed by atoms with van der Waals surface area (Å²) >= 11 is 11.7. The van der Waals surface area contributed by atoms with Crippen molar-refractivity contribution in [3.8, 4) is 17.5 Å². The summed E-state index contributed by atoms with van der Waals surface area (Å²) in [5.41, 5.74) is 0.641. The van der Waals surface area contributed by atoms with E-state index in [2.05, 4.69) is 20.6 Å². The summed E-state index contributed by atoms with van der Waals surface area (Å²) in [7, 11) is 1.66. The zero-order valence-corrected chi connectivity index (χ0v) is 15.7. The van der Waals surface area contributed by atoms with E-state index in [1.807, 2.05) is 6.07 Å². The van der Waals surface area contributed by atoms with E-state index in [4.69, 9.17) is 28.5 Å². The molecule has 140 valence electrons. The van der Waals surface area contributed by atoms with E-state index >= 15 is 0 Å².